The second-order valence-corrected chi connectivity index (χ2v) is 14.8. The molecule has 3 aliphatic heterocycles. The molecular weight excluding hydrogens is 745 g/mol. The maximum absolute atomic E-state index is 14.8. The second kappa shape index (κ2) is 18.4. The summed E-state index contributed by atoms with van der Waals surface area (Å²) in [6.07, 6.45) is 0.151. The van der Waals surface area contributed by atoms with Crippen molar-refractivity contribution in [2.45, 2.75) is 83.2 Å². The zero-order valence-electron chi connectivity index (χ0n) is 34.6. The predicted octanol–water partition coefficient (Wildman–Crippen LogP) is 2.58. The first kappa shape index (κ1) is 43.0. The molecule has 1 saturated heterocycles. The third-order valence-corrected chi connectivity index (χ3v) is 11.1. The van der Waals surface area contributed by atoms with Gasteiger partial charge in [0.2, 0.25) is 35.4 Å². The molecule has 2 N–H and O–H groups in total. The number of hydrogen-bond acceptors (Lipinski definition) is 9. The zero-order valence-corrected chi connectivity index (χ0v) is 34.6. The van der Waals surface area contributed by atoms with Crippen molar-refractivity contribution in [2.24, 2.45) is 0 Å². The molecule has 3 aromatic carbocycles. The molecule has 3 heterocycles. The van der Waals surface area contributed by atoms with Gasteiger partial charge in [-0.05, 0) is 80.8 Å². The van der Waals surface area contributed by atoms with Gasteiger partial charge in [0.1, 0.15) is 47.8 Å². The Morgan fingerprint density at radius 2 is 1.24 bits per heavy atom. The van der Waals surface area contributed by atoms with Crippen LogP contribution in [-0.2, 0) is 48.0 Å². The van der Waals surface area contributed by atoms with Gasteiger partial charge in [0, 0.05) is 47.0 Å². The van der Waals surface area contributed by atoms with Crippen LogP contribution >= 0.6 is 0 Å². The molecule has 15 heteroatoms. The number of rotatable bonds is 5. The van der Waals surface area contributed by atoms with E-state index in [-0.39, 0.29) is 25.8 Å². The lowest BCUT2D eigenvalue weighted by Crippen LogP contribution is -2.62. The summed E-state index contributed by atoms with van der Waals surface area (Å²) in [7, 11) is 7.52. The number of hydrogen-bond donors (Lipinski definition) is 2. The molecule has 0 spiro atoms. The molecule has 1 fully saturated rings. The number of nitrogens with one attached hydrogen (secondary N) is 2. The smallest absolute Gasteiger partial charge is 0.246 e. The summed E-state index contributed by atoms with van der Waals surface area (Å²) < 4.78 is 17.0. The molecule has 6 amide bonds. The fraction of sp³-hybridized carbons (Fsp3) is 0.442. The van der Waals surface area contributed by atoms with Crippen LogP contribution in [-0.4, -0.2) is 133 Å². The lowest BCUT2D eigenvalue weighted by atomic mass is 9.98. The van der Waals surface area contributed by atoms with Crippen LogP contribution in [0.5, 0.6) is 23.0 Å². The Morgan fingerprint density at radius 1 is 0.655 bits per heavy atom. The molecule has 6 bridgehead atoms. The van der Waals surface area contributed by atoms with Gasteiger partial charge in [-0.25, -0.2) is 0 Å². The number of carbonyl (C=O) groups excluding carboxylic acids is 6. The van der Waals surface area contributed by atoms with Crippen LogP contribution in [0, 0.1) is 0 Å². The van der Waals surface area contributed by atoms with E-state index in [2.05, 4.69) is 10.6 Å². The van der Waals surface area contributed by atoms with Gasteiger partial charge >= 0.3 is 0 Å². The van der Waals surface area contributed by atoms with Gasteiger partial charge in [-0.15, -0.1) is 0 Å². The molecule has 6 rings (SSSR count). The SMILES string of the molecule is CCN1C(=O)[C@@H](C)NC(=O)[C@@H]2Cc3ccc(OC)c(c3)Oc3ccc(cc3)C[C@@H](C(=O)N2C)N(C)C(=O)[C@H](C)NC(=O)[C@H](Cc2ccc(OC)cc2)N(C)C(=O)[C@@H]1C. The van der Waals surface area contributed by atoms with Gasteiger partial charge in [0.15, 0.2) is 11.5 Å². The van der Waals surface area contributed by atoms with Crippen LogP contribution in [0.15, 0.2) is 66.7 Å². The van der Waals surface area contributed by atoms with Gasteiger partial charge in [-0.2, -0.15) is 0 Å². The van der Waals surface area contributed by atoms with Crippen molar-refractivity contribution in [2.75, 3.05) is 41.9 Å². The molecular formula is C43H54N6O9. The van der Waals surface area contributed by atoms with Crippen molar-refractivity contribution in [3.8, 4) is 23.0 Å². The maximum atomic E-state index is 14.8. The minimum absolute atomic E-state index is 0.0104. The van der Waals surface area contributed by atoms with E-state index in [0.717, 1.165) is 5.56 Å². The highest BCUT2D eigenvalue weighted by atomic mass is 16.5. The number of likely N-dealkylation sites (N-methyl/N-ethyl adjacent to an activating group) is 4. The first-order valence-electron chi connectivity index (χ1n) is 19.4. The predicted molar refractivity (Wildman–Crippen MR) is 215 cm³/mol. The van der Waals surface area contributed by atoms with E-state index in [1.165, 1.54) is 61.7 Å². The lowest BCUT2D eigenvalue weighted by Gasteiger charge is -2.38. The largest absolute Gasteiger partial charge is 0.497 e. The van der Waals surface area contributed by atoms with E-state index >= 15 is 0 Å². The van der Waals surface area contributed by atoms with Crippen molar-refractivity contribution >= 4 is 35.4 Å². The Hall–Kier alpha value is -6.12. The van der Waals surface area contributed by atoms with E-state index in [4.69, 9.17) is 14.2 Å². The first-order chi connectivity index (χ1) is 27.6. The normalized spacial score (nSPS) is 24.1. The molecule has 15 nitrogen and oxygen atoms in total. The number of carbonyl (C=O) groups is 6. The van der Waals surface area contributed by atoms with E-state index in [0.29, 0.717) is 34.1 Å². The van der Waals surface area contributed by atoms with E-state index in [1.54, 1.807) is 87.7 Å². The maximum Gasteiger partial charge on any atom is 0.246 e. The first-order valence-corrected chi connectivity index (χ1v) is 19.4. The highest BCUT2D eigenvalue weighted by Crippen LogP contribution is 2.34. The zero-order chi connectivity index (χ0) is 42.4. The van der Waals surface area contributed by atoms with Gasteiger partial charge in [0.25, 0.3) is 0 Å². The van der Waals surface area contributed by atoms with Crippen LogP contribution in [0.4, 0.5) is 0 Å². The Balaban J connectivity index is 1.61. The number of nitrogens with zero attached hydrogens (tertiary/aromatic N) is 4. The van der Waals surface area contributed by atoms with Gasteiger partial charge in [0.05, 0.1) is 14.2 Å². The monoisotopic (exact) mass is 798 g/mol. The van der Waals surface area contributed by atoms with Crippen LogP contribution in [0.25, 0.3) is 0 Å². The van der Waals surface area contributed by atoms with Crippen LogP contribution in [0.3, 0.4) is 0 Å². The van der Waals surface area contributed by atoms with Crippen LogP contribution < -0.4 is 24.8 Å². The summed E-state index contributed by atoms with van der Waals surface area (Å²) in [5.74, 6) is -1.40. The highest BCUT2D eigenvalue weighted by Gasteiger charge is 2.40. The third kappa shape index (κ3) is 9.35. The topological polar surface area (TPSA) is 167 Å². The fourth-order valence-electron chi connectivity index (χ4n) is 7.42. The number of benzene rings is 3. The molecule has 0 aromatic heterocycles. The summed E-state index contributed by atoms with van der Waals surface area (Å²) in [6.45, 7) is 6.44. The number of fused-ring (bicyclic) bond motifs is 2. The number of amides is 6. The Labute approximate surface area is 339 Å². The standard InChI is InChI=1S/C43H54N6O9/c1-10-49-27(4)42(54)46(5)33(21-28-11-16-31(56-8)17-12-28)38(50)44-25(2)40(52)48(7)35-22-29-13-18-32(19-14-29)58-37-24-30(15-20-36(37)57-9)23-34(47(6)43(35)55)39(51)45-26(3)41(49)53/h11-20,24-27,33-35H,10,21-23H2,1-9H3,(H,44,50)(H,45,51)/t25-,26+,27-,33-,34-,35-/m0/s1. The fourth-order valence-corrected chi connectivity index (χ4v) is 7.42. The average molecular weight is 799 g/mol. The number of ether oxygens (including phenoxy) is 3. The molecule has 6 atom stereocenters. The Kier molecular flexibility index (Phi) is 13.7. The van der Waals surface area contributed by atoms with Gasteiger partial charge in [-0.3, -0.25) is 28.8 Å². The lowest BCUT2D eigenvalue weighted by molar-refractivity contribution is -0.151. The van der Waals surface area contributed by atoms with Crippen molar-refractivity contribution in [1.82, 2.24) is 30.2 Å². The van der Waals surface area contributed by atoms with Gasteiger partial charge < -0.3 is 44.4 Å². The van der Waals surface area contributed by atoms with Crippen molar-refractivity contribution < 1.29 is 43.0 Å². The summed E-state index contributed by atoms with van der Waals surface area (Å²) in [5, 5.41) is 5.61. The van der Waals surface area contributed by atoms with E-state index in [1.807, 2.05) is 0 Å². The number of methoxy groups -OCH3 is 2. The Bertz CT molecular complexity index is 2010. The Morgan fingerprint density at radius 3 is 1.86 bits per heavy atom. The summed E-state index contributed by atoms with van der Waals surface area (Å²) in [4.78, 5) is 91.1. The second-order valence-electron chi connectivity index (χ2n) is 14.8. The molecule has 3 aliphatic rings. The molecule has 58 heavy (non-hydrogen) atoms. The molecule has 3 aromatic rings. The third-order valence-electron chi connectivity index (χ3n) is 11.1. The average Bonchev–Trinajstić information content (AvgIpc) is 3.22. The van der Waals surface area contributed by atoms with Crippen molar-refractivity contribution in [3.05, 3.63) is 83.4 Å². The molecule has 0 unspecified atom stereocenters. The van der Waals surface area contributed by atoms with Crippen molar-refractivity contribution in [3.63, 3.8) is 0 Å². The van der Waals surface area contributed by atoms with Gasteiger partial charge in [-0.1, -0.05) is 30.3 Å². The van der Waals surface area contributed by atoms with E-state index in [9.17, 15) is 28.8 Å². The molecule has 0 radical (unpaired) electrons. The quantitative estimate of drug-likeness (QED) is 0.395. The summed E-state index contributed by atoms with van der Waals surface area (Å²) in [6, 6.07) is 12.6. The van der Waals surface area contributed by atoms with Crippen LogP contribution in [0.1, 0.15) is 44.4 Å². The molecule has 0 saturated carbocycles. The summed E-state index contributed by atoms with van der Waals surface area (Å²) >= 11 is 0. The van der Waals surface area contributed by atoms with E-state index < -0.39 is 71.7 Å². The van der Waals surface area contributed by atoms with Crippen LogP contribution in [0.2, 0.25) is 0 Å². The highest BCUT2D eigenvalue weighted by molar-refractivity contribution is 5.98. The van der Waals surface area contributed by atoms with Crippen molar-refractivity contribution in [1.29, 1.82) is 0 Å². The molecule has 310 valence electrons. The summed E-state index contributed by atoms with van der Waals surface area (Å²) in [5.41, 5.74) is 2.05. The molecule has 0 aliphatic carbocycles. The minimum atomic E-state index is -1.16. The minimum Gasteiger partial charge on any atom is -0.497 e.